The average Bonchev–Trinajstić information content (AvgIpc) is 2.76. The summed E-state index contributed by atoms with van der Waals surface area (Å²) in [5, 5.41) is 2.91. The van der Waals surface area contributed by atoms with Crippen LogP contribution in [0, 0.1) is 0 Å². The van der Waals surface area contributed by atoms with Crippen molar-refractivity contribution in [2.75, 3.05) is 28.2 Å². The molecule has 134 valence electrons. The smallest absolute Gasteiger partial charge is 0.246 e. The predicted molar refractivity (Wildman–Crippen MR) is 104 cm³/mol. The maximum atomic E-state index is 13.3. The Morgan fingerprint density at radius 1 is 1.12 bits per heavy atom. The number of anilines is 3. The van der Waals surface area contributed by atoms with E-state index in [0.29, 0.717) is 18.7 Å². The van der Waals surface area contributed by atoms with Crippen molar-refractivity contribution in [1.29, 1.82) is 0 Å². The molecule has 1 atom stereocenters. The van der Waals surface area contributed by atoms with Gasteiger partial charge in [0.1, 0.15) is 0 Å². The quantitative estimate of drug-likeness (QED) is 0.906. The highest BCUT2D eigenvalue weighted by Gasteiger charge is 2.31. The lowest BCUT2D eigenvalue weighted by atomic mass is 10.0. The van der Waals surface area contributed by atoms with Crippen LogP contribution in [0.25, 0.3) is 0 Å². The lowest BCUT2D eigenvalue weighted by Gasteiger charge is -2.34. The number of carbonyl (C=O) groups is 2. The molecular weight excluding hydrogens is 326 g/mol. The van der Waals surface area contributed by atoms with Crippen molar-refractivity contribution in [2.45, 2.75) is 32.2 Å². The Balaban J connectivity index is 1.63. The topological polar surface area (TPSA) is 52.7 Å². The van der Waals surface area contributed by atoms with Crippen molar-refractivity contribution in [3.63, 3.8) is 0 Å². The lowest BCUT2D eigenvalue weighted by molar-refractivity contribution is -0.118. The van der Waals surface area contributed by atoms with E-state index >= 15 is 0 Å². The van der Waals surface area contributed by atoms with Crippen molar-refractivity contribution in [3.8, 4) is 0 Å². The van der Waals surface area contributed by atoms with E-state index in [1.165, 1.54) is 5.56 Å². The summed E-state index contributed by atoms with van der Waals surface area (Å²) in [6.07, 6.45) is 2.41. The Hall–Kier alpha value is -2.82. The minimum Gasteiger partial charge on any atom is -0.362 e. The maximum Gasteiger partial charge on any atom is 0.246 e. The van der Waals surface area contributed by atoms with Crippen LogP contribution >= 0.6 is 0 Å². The Morgan fingerprint density at radius 3 is 2.69 bits per heavy atom. The monoisotopic (exact) mass is 349 g/mol. The fourth-order valence-corrected chi connectivity index (χ4v) is 3.98. The number of nitrogens with zero attached hydrogens (tertiary/aromatic N) is 2. The van der Waals surface area contributed by atoms with Gasteiger partial charge in [-0.2, -0.15) is 0 Å². The number of aryl methyl sites for hydroxylation is 1. The van der Waals surface area contributed by atoms with Gasteiger partial charge >= 0.3 is 0 Å². The molecule has 5 heteroatoms. The highest BCUT2D eigenvalue weighted by atomic mass is 16.2. The lowest BCUT2D eigenvalue weighted by Crippen LogP contribution is -2.46. The van der Waals surface area contributed by atoms with Crippen LogP contribution in [0.5, 0.6) is 0 Å². The zero-order chi connectivity index (χ0) is 18.1. The number of benzene rings is 2. The standard InChI is InChI=1S/C21H23N3O2/c1-15-13-20(25)22-17-9-3-5-11-19(17)24(15)21(26)14-23-12-6-8-16-7-2-4-10-18(16)23/h2-5,7,9-11,15H,6,8,12-14H2,1H3,(H,22,25)/t15-/m1/s1. The summed E-state index contributed by atoms with van der Waals surface area (Å²) in [6, 6.07) is 15.7. The fourth-order valence-electron chi connectivity index (χ4n) is 3.98. The summed E-state index contributed by atoms with van der Waals surface area (Å²) in [4.78, 5) is 29.3. The van der Waals surface area contributed by atoms with Gasteiger partial charge < -0.3 is 15.1 Å². The number of para-hydroxylation sites is 3. The summed E-state index contributed by atoms with van der Waals surface area (Å²) >= 11 is 0. The van der Waals surface area contributed by atoms with E-state index in [1.807, 2.05) is 37.3 Å². The van der Waals surface area contributed by atoms with Crippen molar-refractivity contribution < 1.29 is 9.59 Å². The first-order valence-corrected chi connectivity index (χ1v) is 9.17. The molecule has 0 radical (unpaired) electrons. The van der Waals surface area contributed by atoms with E-state index < -0.39 is 0 Å². The number of carbonyl (C=O) groups excluding carboxylic acids is 2. The highest BCUT2D eigenvalue weighted by molar-refractivity contribution is 6.05. The van der Waals surface area contributed by atoms with Gasteiger partial charge in [-0.25, -0.2) is 0 Å². The van der Waals surface area contributed by atoms with Crippen LogP contribution in [-0.4, -0.2) is 30.9 Å². The molecule has 26 heavy (non-hydrogen) atoms. The normalized spacial score (nSPS) is 19.3. The number of amides is 2. The maximum absolute atomic E-state index is 13.3. The highest BCUT2D eigenvalue weighted by Crippen LogP contribution is 2.32. The van der Waals surface area contributed by atoms with Gasteiger partial charge in [0, 0.05) is 24.7 Å². The number of rotatable bonds is 2. The number of nitrogens with one attached hydrogen (secondary N) is 1. The molecule has 5 nitrogen and oxygen atoms in total. The van der Waals surface area contributed by atoms with Crippen LogP contribution in [0.2, 0.25) is 0 Å². The summed E-state index contributed by atoms with van der Waals surface area (Å²) < 4.78 is 0. The molecule has 0 saturated heterocycles. The van der Waals surface area contributed by atoms with Crippen LogP contribution in [0.4, 0.5) is 17.1 Å². The van der Waals surface area contributed by atoms with Gasteiger partial charge in [0.05, 0.1) is 17.9 Å². The van der Waals surface area contributed by atoms with E-state index in [0.717, 1.165) is 30.8 Å². The van der Waals surface area contributed by atoms with Crippen LogP contribution in [-0.2, 0) is 16.0 Å². The molecule has 2 aliphatic rings. The molecule has 0 unspecified atom stereocenters. The van der Waals surface area contributed by atoms with Gasteiger partial charge in [-0.15, -0.1) is 0 Å². The molecule has 0 fully saturated rings. The molecule has 0 bridgehead atoms. The molecular formula is C21H23N3O2. The second-order valence-electron chi connectivity index (χ2n) is 7.04. The second-order valence-corrected chi connectivity index (χ2v) is 7.04. The van der Waals surface area contributed by atoms with E-state index in [2.05, 4.69) is 28.4 Å². The molecule has 0 aliphatic carbocycles. The Morgan fingerprint density at radius 2 is 1.85 bits per heavy atom. The SMILES string of the molecule is C[C@@H]1CC(=O)Nc2ccccc2N1C(=O)CN1CCCc2ccccc21. The first-order valence-electron chi connectivity index (χ1n) is 9.17. The summed E-state index contributed by atoms with van der Waals surface area (Å²) in [5.74, 6) is -0.0262. The number of hydrogen-bond donors (Lipinski definition) is 1. The third-order valence-corrected chi connectivity index (χ3v) is 5.16. The van der Waals surface area contributed by atoms with E-state index in [4.69, 9.17) is 0 Å². The molecule has 4 rings (SSSR count). The largest absolute Gasteiger partial charge is 0.362 e. The summed E-state index contributed by atoms with van der Waals surface area (Å²) in [7, 11) is 0. The molecule has 2 aromatic rings. The zero-order valence-electron chi connectivity index (χ0n) is 14.9. The fraction of sp³-hybridized carbons (Fsp3) is 0.333. The van der Waals surface area contributed by atoms with Gasteiger partial charge in [-0.3, -0.25) is 9.59 Å². The molecule has 2 aliphatic heterocycles. The molecule has 0 saturated carbocycles. The minimum atomic E-state index is -0.175. The number of hydrogen-bond acceptors (Lipinski definition) is 3. The average molecular weight is 349 g/mol. The van der Waals surface area contributed by atoms with Crippen LogP contribution in [0.1, 0.15) is 25.3 Å². The van der Waals surface area contributed by atoms with Crippen molar-refractivity contribution in [1.82, 2.24) is 0 Å². The van der Waals surface area contributed by atoms with Gasteiger partial charge in [-0.05, 0) is 43.5 Å². The van der Waals surface area contributed by atoms with Crippen molar-refractivity contribution >= 4 is 28.9 Å². The Bertz CT molecular complexity index is 849. The Kier molecular flexibility index (Phi) is 4.37. The van der Waals surface area contributed by atoms with Gasteiger partial charge in [0.15, 0.2) is 0 Å². The molecule has 2 amide bonds. The van der Waals surface area contributed by atoms with Crippen molar-refractivity contribution in [2.24, 2.45) is 0 Å². The molecule has 0 aromatic heterocycles. The Labute approximate surface area is 153 Å². The third kappa shape index (κ3) is 3.05. The van der Waals surface area contributed by atoms with E-state index in [-0.39, 0.29) is 17.9 Å². The minimum absolute atomic E-state index is 0.0261. The van der Waals surface area contributed by atoms with E-state index in [9.17, 15) is 9.59 Å². The third-order valence-electron chi connectivity index (χ3n) is 5.16. The summed E-state index contributed by atoms with van der Waals surface area (Å²) in [5.41, 5.74) is 3.93. The number of fused-ring (bicyclic) bond motifs is 2. The zero-order valence-corrected chi connectivity index (χ0v) is 14.9. The van der Waals surface area contributed by atoms with Gasteiger partial charge in [-0.1, -0.05) is 30.3 Å². The van der Waals surface area contributed by atoms with Gasteiger partial charge in [0.2, 0.25) is 11.8 Å². The molecule has 2 aromatic carbocycles. The van der Waals surface area contributed by atoms with Gasteiger partial charge in [0.25, 0.3) is 0 Å². The predicted octanol–water partition coefficient (Wildman–Crippen LogP) is 3.20. The van der Waals surface area contributed by atoms with Crippen molar-refractivity contribution in [3.05, 3.63) is 54.1 Å². The molecule has 0 spiro atoms. The second kappa shape index (κ2) is 6.83. The van der Waals surface area contributed by atoms with E-state index in [1.54, 1.807) is 4.90 Å². The first kappa shape index (κ1) is 16.6. The van der Waals surface area contributed by atoms with Crippen LogP contribution in [0.15, 0.2) is 48.5 Å². The van der Waals surface area contributed by atoms with Crippen LogP contribution < -0.4 is 15.1 Å². The summed E-state index contributed by atoms with van der Waals surface area (Å²) in [6.45, 7) is 3.14. The molecule has 2 heterocycles. The van der Waals surface area contributed by atoms with Crippen LogP contribution in [0.3, 0.4) is 0 Å². The first-order chi connectivity index (χ1) is 12.6. The molecule has 1 N–H and O–H groups in total.